The van der Waals surface area contributed by atoms with Crippen LogP contribution in [0.1, 0.15) is 95.5 Å². The Morgan fingerprint density at radius 3 is 1.62 bits per heavy atom. The number of aromatic nitrogens is 2. The Kier molecular flexibility index (Phi) is 18.7. The molecular weight excluding hydrogens is 1100 g/mol. The second-order valence-electron chi connectivity index (χ2n) is 22.2. The molecule has 6 aromatic rings. The number of carbonyl (C=O) groups is 2. The molecule has 18 heteroatoms. The molecule has 0 saturated carbocycles. The average Bonchev–Trinajstić information content (AvgIpc) is 3.41. The molecule has 418 valence electrons. The third-order valence-electron chi connectivity index (χ3n) is 14.0. The number of carboxylic acids is 1. The number of aliphatic carboxylic acids is 1. The summed E-state index contributed by atoms with van der Waals surface area (Å²) in [5.41, 5.74) is 8.17. The average molecular weight is 1170 g/mol. The Balaban J connectivity index is 0.000000184. The number of fused-ring (bicyclic) bond motifs is 4. The number of likely N-dealkylation sites (N-methyl/N-ethyl adjacent to an activating group) is 1. The minimum atomic E-state index is -1.23. The summed E-state index contributed by atoms with van der Waals surface area (Å²) in [6.07, 6.45) is 2.06. The molecule has 2 fully saturated rings. The van der Waals surface area contributed by atoms with Crippen molar-refractivity contribution in [1.82, 2.24) is 19.8 Å². The summed E-state index contributed by atoms with van der Waals surface area (Å²) in [4.78, 5) is 42.4. The number of esters is 1. The van der Waals surface area contributed by atoms with Crippen molar-refractivity contribution in [3.63, 3.8) is 0 Å². The Labute approximate surface area is 477 Å². The normalized spacial score (nSPS) is 16.6. The van der Waals surface area contributed by atoms with E-state index >= 15 is 0 Å². The zero-order valence-corrected chi connectivity index (χ0v) is 49.9. The molecular formula is C60H74BrCl2N7O8. The Bertz CT molecular complexity index is 3170. The van der Waals surface area contributed by atoms with Crippen LogP contribution in [0.2, 0.25) is 10.0 Å². The van der Waals surface area contributed by atoms with Gasteiger partial charge >= 0.3 is 11.9 Å². The van der Waals surface area contributed by atoms with Crippen molar-refractivity contribution < 1.29 is 38.4 Å². The number of anilines is 3. The number of ether oxygens (including phenoxy) is 5. The number of pyridine rings is 2. The van der Waals surface area contributed by atoms with Gasteiger partial charge in [-0.2, -0.15) is 0 Å². The van der Waals surface area contributed by atoms with Crippen LogP contribution in [0, 0.1) is 13.8 Å². The third-order valence-corrected chi connectivity index (χ3v) is 15.3. The molecule has 0 aliphatic carbocycles. The summed E-state index contributed by atoms with van der Waals surface area (Å²) >= 11 is 17.5. The number of hydrogen-bond donors (Lipinski definition) is 3. The Morgan fingerprint density at radius 1 is 0.667 bits per heavy atom. The van der Waals surface area contributed by atoms with Crippen molar-refractivity contribution in [2.45, 2.75) is 98.1 Å². The van der Waals surface area contributed by atoms with Crippen LogP contribution in [0.3, 0.4) is 0 Å². The predicted molar refractivity (Wildman–Crippen MR) is 317 cm³/mol. The summed E-state index contributed by atoms with van der Waals surface area (Å²) in [5, 5.41) is 19.7. The van der Waals surface area contributed by atoms with Gasteiger partial charge in [-0.1, -0.05) is 57.7 Å². The maximum atomic E-state index is 13.0. The van der Waals surface area contributed by atoms with E-state index in [1.807, 2.05) is 104 Å². The lowest BCUT2D eigenvalue weighted by Gasteiger charge is -2.34. The molecule has 10 rings (SSSR count). The van der Waals surface area contributed by atoms with Crippen LogP contribution < -0.4 is 25.0 Å². The molecule has 15 nitrogen and oxygen atoms in total. The molecule has 78 heavy (non-hydrogen) atoms. The smallest absolute Gasteiger partial charge is 0.339 e. The number of nitrogens with zero attached hydrogens (tertiary/aromatic N) is 5. The molecule has 3 N–H and O–H groups in total. The zero-order chi connectivity index (χ0) is 56.2. The monoisotopic (exact) mass is 1170 g/mol. The van der Waals surface area contributed by atoms with Crippen molar-refractivity contribution in [3.05, 3.63) is 97.7 Å². The molecule has 4 aromatic carbocycles. The van der Waals surface area contributed by atoms with E-state index in [-0.39, 0.29) is 0 Å². The number of methoxy groups -OCH3 is 1. The molecule has 0 radical (unpaired) electrons. The third kappa shape index (κ3) is 13.6. The summed E-state index contributed by atoms with van der Waals surface area (Å²) < 4.78 is 30.0. The van der Waals surface area contributed by atoms with Crippen LogP contribution in [-0.2, 0) is 23.8 Å². The first-order valence-electron chi connectivity index (χ1n) is 26.7. The lowest BCUT2D eigenvalue weighted by Crippen LogP contribution is -2.44. The van der Waals surface area contributed by atoms with Gasteiger partial charge in [0, 0.05) is 105 Å². The summed E-state index contributed by atoms with van der Waals surface area (Å²) in [5.74, 6) is -0.192. The highest BCUT2D eigenvalue weighted by molar-refractivity contribution is 9.10. The van der Waals surface area contributed by atoms with Crippen molar-refractivity contribution in [2.24, 2.45) is 0 Å². The fourth-order valence-corrected chi connectivity index (χ4v) is 11.3. The van der Waals surface area contributed by atoms with Crippen molar-refractivity contribution >= 4 is 89.9 Å². The fraction of sp³-hybridized carbons (Fsp3) is 0.467. The number of aryl methyl sites for hydroxylation is 2. The summed E-state index contributed by atoms with van der Waals surface area (Å²) in [6, 6.07) is 19.7. The molecule has 4 aliphatic heterocycles. The number of carbonyl (C=O) groups excluding carboxylic acids is 1. The maximum Gasteiger partial charge on any atom is 0.339 e. The van der Waals surface area contributed by atoms with Crippen molar-refractivity contribution in [3.8, 4) is 33.8 Å². The van der Waals surface area contributed by atoms with E-state index in [2.05, 4.69) is 67.5 Å². The first-order valence-corrected chi connectivity index (χ1v) is 28.3. The Morgan fingerprint density at radius 2 is 1.14 bits per heavy atom. The van der Waals surface area contributed by atoms with Crippen molar-refractivity contribution in [1.29, 1.82) is 0 Å². The van der Waals surface area contributed by atoms with E-state index in [0.29, 0.717) is 87.2 Å². The van der Waals surface area contributed by atoms with Gasteiger partial charge in [0.25, 0.3) is 0 Å². The van der Waals surface area contributed by atoms with Crippen LogP contribution in [0.4, 0.5) is 17.1 Å². The predicted octanol–water partition coefficient (Wildman–Crippen LogP) is 12.9. The first-order chi connectivity index (χ1) is 37.0. The molecule has 2 atom stereocenters. The number of piperidine rings is 1. The number of benzene rings is 4. The second kappa shape index (κ2) is 24.9. The SMILES string of the molecule is CN1CCCCC1.COC(=O)[C@@H](OC(C)(C)C)c1c(C)nc2cc(Br)ccc2c1-c1ccc2c(c1Cl)NCCO2.Cc1nc2cc(N3CCN(C)CC3)ccc2c(-c2ccc3c(c2Cl)NCCO3)c1[C@H](OC(C)(C)C)C(=O)O. The van der Waals surface area contributed by atoms with E-state index in [0.717, 1.165) is 75.0 Å². The lowest BCUT2D eigenvalue weighted by molar-refractivity contribution is -0.164. The van der Waals surface area contributed by atoms with Gasteiger partial charge in [0.05, 0.1) is 50.8 Å². The molecule has 0 unspecified atom stereocenters. The van der Waals surface area contributed by atoms with Gasteiger partial charge in [-0.05, 0) is 144 Å². The number of likely N-dealkylation sites (tertiary alicyclic amines) is 1. The summed E-state index contributed by atoms with van der Waals surface area (Å²) in [7, 11) is 5.69. The molecule has 2 saturated heterocycles. The number of carboxylic acid groups (broad SMARTS) is 1. The lowest BCUT2D eigenvalue weighted by atomic mass is 9.90. The van der Waals surface area contributed by atoms with Gasteiger partial charge in [-0.3, -0.25) is 9.97 Å². The zero-order valence-electron chi connectivity index (χ0n) is 46.8. The van der Waals surface area contributed by atoms with Crippen molar-refractivity contribution in [2.75, 3.05) is 102 Å². The van der Waals surface area contributed by atoms with Gasteiger partial charge in [-0.15, -0.1) is 0 Å². The molecule has 2 aromatic heterocycles. The molecule has 6 heterocycles. The molecule has 0 bridgehead atoms. The van der Waals surface area contributed by atoms with Crippen LogP contribution >= 0.6 is 39.1 Å². The van der Waals surface area contributed by atoms with E-state index in [9.17, 15) is 14.7 Å². The van der Waals surface area contributed by atoms with E-state index in [1.165, 1.54) is 39.5 Å². The van der Waals surface area contributed by atoms with E-state index < -0.39 is 35.3 Å². The second-order valence-corrected chi connectivity index (χ2v) is 23.9. The number of piperazine rings is 1. The molecule has 0 amide bonds. The Hall–Kier alpha value is -5.46. The van der Waals surface area contributed by atoms with Gasteiger partial charge in [0.2, 0.25) is 0 Å². The standard InChI is InChI=1S/C29H35ClN4O4.C25H26BrClN2O4.C6H13N/c1-17-23(27(28(35)36)38-29(2,3)4)24(20-8-9-22-26(25(20)30)31-10-15-37-22)19-7-6-18(16-21(19)32-17)34-13-11-33(5)12-14-34;1-13-19(23(24(30)31-5)33-25(2,3)4)20(15-7-6-14(26)12-17(15)29-13)16-8-9-18-22(21(16)27)28-10-11-32-18;1-7-5-3-2-4-6-7/h6-9,16,27,31H,10-15H2,1-5H3,(H,35,36);6-9,12,23,28H,10-11H2,1-5H3;2-6H2,1H3/t27-;23-;/m00./s1. The quantitative estimate of drug-likeness (QED) is 0.117. The van der Waals surface area contributed by atoms with Gasteiger partial charge in [0.15, 0.2) is 12.2 Å². The largest absolute Gasteiger partial charge is 0.490 e. The maximum absolute atomic E-state index is 13.0. The topological polar surface area (TPSA) is 160 Å². The molecule has 4 aliphatic rings. The van der Waals surface area contributed by atoms with Crippen LogP contribution in [0.5, 0.6) is 11.5 Å². The first kappa shape index (κ1) is 58.7. The fourth-order valence-electron chi connectivity index (χ4n) is 10.3. The van der Waals surface area contributed by atoms with Crippen LogP contribution in [-0.4, -0.2) is 135 Å². The van der Waals surface area contributed by atoms with Gasteiger partial charge in [-0.25, -0.2) is 9.59 Å². The highest BCUT2D eigenvalue weighted by atomic mass is 79.9. The van der Waals surface area contributed by atoms with Gasteiger partial charge in [0.1, 0.15) is 24.7 Å². The number of nitrogens with one attached hydrogen (secondary N) is 2. The minimum absolute atomic E-state index is 0.485. The number of rotatable bonds is 9. The van der Waals surface area contributed by atoms with Crippen LogP contribution in [0.15, 0.2) is 65.1 Å². The van der Waals surface area contributed by atoms with Gasteiger partial charge < -0.3 is 54.1 Å². The van der Waals surface area contributed by atoms with E-state index in [4.69, 9.17) is 56.9 Å². The number of hydrogen-bond acceptors (Lipinski definition) is 14. The number of halogens is 3. The minimum Gasteiger partial charge on any atom is -0.490 e. The highest BCUT2D eigenvalue weighted by Crippen LogP contribution is 2.49. The molecule has 0 spiro atoms. The summed E-state index contributed by atoms with van der Waals surface area (Å²) in [6.45, 7) is 23.9. The van der Waals surface area contributed by atoms with Crippen LogP contribution in [0.25, 0.3) is 44.1 Å². The van der Waals surface area contributed by atoms with E-state index in [1.54, 1.807) is 0 Å². The highest BCUT2D eigenvalue weighted by Gasteiger charge is 2.36.